The highest BCUT2D eigenvalue weighted by Gasteiger charge is 2.48. The third-order valence-corrected chi connectivity index (χ3v) is 7.74. The van der Waals surface area contributed by atoms with Crippen LogP contribution < -0.4 is 0 Å². The zero-order valence-corrected chi connectivity index (χ0v) is 20.0. The summed E-state index contributed by atoms with van der Waals surface area (Å²) < 4.78 is 100. The van der Waals surface area contributed by atoms with E-state index in [1.807, 2.05) is 12.2 Å². The molecule has 1 unspecified atom stereocenters. The van der Waals surface area contributed by atoms with Gasteiger partial charge in [-0.15, -0.1) is 6.58 Å². The number of hydrogen-bond donors (Lipinski definition) is 0. The van der Waals surface area contributed by atoms with Crippen molar-refractivity contribution in [3.05, 3.63) is 71.6 Å². The molecule has 0 spiro atoms. The molecule has 2 fully saturated rings. The van der Waals surface area contributed by atoms with Gasteiger partial charge in [0.05, 0.1) is 23.3 Å². The second kappa shape index (κ2) is 10.3. The van der Waals surface area contributed by atoms with Crippen LogP contribution in [0.1, 0.15) is 49.0 Å². The minimum atomic E-state index is -4.92. The third kappa shape index (κ3) is 5.88. The highest BCUT2D eigenvalue weighted by Crippen LogP contribution is 2.48. The lowest BCUT2D eigenvalue weighted by Crippen LogP contribution is -2.43. The molecule has 1 aromatic carbocycles. The highest BCUT2D eigenvalue weighted by molar-refractivity contribution is 5.34. The van der Waals surface area contributed by atoms with Gasteiger partial charge in [0.2, 0.25) is 0 Å². The van der Waals surface area contributed by atoms with E-state index in [2.05, 4.69) is 11.5 Å². The molecule has 0 N–H and O–H groups in total. The molecule has 0 aromatic heterocycles. The molecule has 6 atom stereocenters. The van der Waals surface area contributed by atoms with Crippen LogP contribution in [-0.4, -0.2) is 30.6 Å². The molecule has 0 bridgehead atoms. The zero-order valence-electron chi connectivity index (χ0n) is 20.0. The molecule has 36 heavy (non-hydrogen) atoms. The summed E-state index contributed by atoms with van der Waals surface area (Å²) in [5.74, 6) is 0.264. The molecule has 9 heteroatoms. The second-order valence-corrected chi connectivity index (χ2v) is 10.1. The lowest BCUT2D eigenvalue weighted by molar-refractivity contribution is -0.143. The normalized spacial score (nSPS) is 30.1. The number of fused-ring (bicyclic) bond motifs is 1. The fourth-order valence-electron chi connectivity index (χ4n) is 6.11. The van der Waals surface area contributed by atoms with E-state index in [0.717, 1.165) is 38.2 Å². The molecule has 198 valence electrons. The SMILES string of the molecule is C=CCN1C[C@H]2CC[C@H](O[C@H](C)c3cc(C(F)(F)F)cc(C(F)(F)F)c3)[C@@H](C3C=CC(F)=CC3)[C@@H]2C1. The number of hydrogen-bond acceptors (Lipinski definition) is 2. The van der Waals surface area contributed by atoms with Gasteiger partial charge in [0.25, 0.3) is 0 Å². The van der Waals surface area contributed by atoms with Gasteiger partial charge in [0, 0.05) is 19.6 Å². The molecule has 4 rings (SSSR count). The van der Waals surface area contributed by atoms with Crippen LogP contribution in [0, 0.1) is 23.7 Å². The third-order valence-electron chi connectivity index (χ3n) is 7.74. The topological polar surface area (TPSA) is 12.5 Å². The van der Waals surface area contributed by atoms with Gasteiger partial charge in [-0.05, 0) is 85.8 Å². The lowest BCUT2D eigenvalue weighted by Gasteiger charge is -2.44. The number of alkyl halides is 6. The monoisotopic (exact) mass is 517 g/mol. The molecule has 2 nitrogen and oxygen atoms in total. The fourth-order valence-corrected chi connectivity index (χ4v) is 6.11. The number of likely N-dealkylation sites (tertiary alicyclic amines) is 1. The van der Waals surface area contributed by atoms with Crippen molar-refractivity contribution in [1.82, 2.24) is 4.90 Å². The van der Waals surface area contributed by atoms with Crippen LogP contribution >= 0.6 is 0 Å². The first-order chi connectivity index (χ1) is 16.9. The Kier molecular flexibility index (Phi) is 7.72. The summed E-state index contributed by atoms with van der Waals surface area (Å²) in [5.41, 5.74) is -2.87. The minimum absolute atomic E-state index is 0.0228. The Hall–Kier alpha value is -2.13. The maximum atomic E-state index is 13.7. The van der Waals surface area contributed by atoms with Crippen molar-refractivity contribution in [2.24, 2.45) is 23.7 Å². The summed E-state index contributed by atoms with van der Waals surface area (Å²) >= 11 is 0. The molecule has 0 radical (unpaired) electrons. The van der Waals surface area contributed by atoms with Crippen molar-refractivity contribution < 1.29 is 35.5 Å². The van der Waals surface area contributed by atoms with Gasteiger partial charge in [-0.2, -0.15) is 26.3 Å². The van der Waals surface area contributed by atoms with E-state index >= 15 is 0 Å². The Morgan fingerprint density at radius 2 is 1.72 bits per heavy atom. The first-order valence-electron chi connectivity index (χ1n) is 12.2. The average molecular weight is 518 g/mol. The maximum Gasteiger partial charge on any atom is 0.416 e. The van der Waals surface area contributed by atoms with Crippen LogP contribution in [0.25, 0.3) is 0 Å². The summed E-state index contributed by atoms with van der Waals surface area (Å²) in [6, 6.07) is 1.60. The van der Waals surface area contributed by atoms with Crippen molar-refractivity contribution >= 4 is 0 Å². The summed E-state index contributed by atoms with van der Waals surface area (Å²) in [4.78, 5) is 2.30. The first-order valence-corrected chi connectivity index (χ1v) is 12.2. The van der Waals surface area contributed by atoms with E-state index in [1.54, 1.807) is 0 Å². The molecule has 1 saturated heterocycles. The van der Waals surface area contributed by atoms with E-state index in [9.17, 15) is 30.7 Å². The number of nitrogens with zero attached hydrogens (tertiary/aromatic N) is 1. The van der Waals surface area contributed by atoms with Gasteiger partial charge < -0.3 is 4.74 Å². The molecule has 1 saturated carbocycles. The summed E-state index contributed by atoms with van der Waals surface area (Å²) in [6.45, 7) is 7.74. The zero-order chi connectivity index (χ0) is 26.3. The van der Waals surface area contributed by atoms with Crippen molar-refractivity contribution in [1.29, 1.82) is 0 Å². The second-order valence-electron chi connectivity index (χ2n) is 10.1. The van der Waals surface area contributed by atoms with E-state index in [0.29, 0.717) is 18.8 Å². The Balaban J connectivity index is 1.62. The number of rotatable bonds is 6. The van der Waals surface area contributed by atoms with Crippen molar-refractivity contribution in [3.63, 3.8) is 0 Å². The first kappa shape index (κ1) is 26.9. The fraction of sp³-hybridized carbons (Fsp3) is 0.556. The van der Waals surface area contributed by atoms with Crippen LogP contribution in [0.2, 0.25) is 0 Å². The van der Waals surface area contributed by atoms with E-state index in [-0.39, 0.29) is 41.3 Å². The van der Waals surface area contributed by atoms with Gasteiger partial charge in [-0.3, -0.25) is 4.90 Å². The van der Waals surface area contributed by atoms with Crippen molar-refractivity contribution in [3.8, 4) is 0 Å². The molecule has 2 aliphatic carbocycles. The van der Waals surface area contributed by atoms with Gasteiger partial charge in [-0.1, -0.05) is 12.2 Å². The summed E-state index contributed by atoms with van der Waals surface area (Å²) in [6.07, 6.45) is -2.61. The van der Waals surface area contributed by atoms with Gasteiger partial charge in [0.15, 0.2) is 0 Å². The smallest absolute Gasteiger partial charge is 0.370 e. The molecule has 1 heterocycles. The van der Waals surface area contributed by atoms with Crippen LogP contribution in [0.4, 0.5) is 30.7 Å². The highest BCUT2D eigenvalue weighted by atomic mass is 19.4. The Bertz CT molecular complexity index is 980. The van der Waals surface area contributed by atoms with Gasteiger partial charge >= 0.3 is 12.4 Å². The van der Waals surface area contributed by atoms with Crippen molar-refractivity contribution in [2.75, 3.05) is 19.6 Å². The van der Waals surface area contributed by atoms with Gasteiger partial charge in [-0.25, -0.2) is 4.39 Å². The lowest BCUT2D eigenvalue weighted by atomic mass is 9.65. The quantitative estimate of drug-likeness (QED) is 0.283. The van der Waals surface area contributed by atoms with E-state index < -0.39 is 29.6 Å². The molecule has 3 aliphatic rings. The summed E-state index contributed by atoms with van der Waals surface area (Å²) in [5, 5.41) is 0. The number of halogens is 7. The maximum absolute atomic E-state index is 13.7. The van der Waals surface area contributed by atoms with Crippen LogP contribution in [0.3, 0.4) is 0 Å². The molecule has 0 amide bonds. The molecular formula is C27H30F7NO. The standard InChI is InChI=1S/C27H30F7NO/c1-3-10-35-14-18-6-9-24(25(23(18)15-35)17-4-7-22(28)8-5-17)36-16(2)19-11-20(26(29,30)31)13-21(12-19)27(32,33)34/h3-4,7-8,11-13,16-18,23-25H,1,5-6,9-10,14-15H2,2H3/t16-,17?,18-,23-,24+,25+/m1/s1. The Morgan fingerprint density at radius 3 is 2.28 bits per heavy atom. The van der Waals surface area contributed by atoms with Gasteiger partial charge in [0.1, 0.15) is 5.83 Å². The van der Waals surface area contributed by atoms with Crippen LogP contribution in [-0.2, 0) is 17.1 Å². The number of allylic oxidation sites excluding steroid dienone is 4. The predicted octanol–water partition coefficient (Wildman–Crippen LogP) is 7.74. The average Bonchev–Trinajstić information content (AvgIpc) is 3.21. The predicted molar refractivity (Wildman–Crippen MR) is 123 cm³/mol. The molecular weight excluding hydrogens is 487 g/mol. The number of ether oxygens (including phenoxy) is 1. The Morgan fingerprint density at radius 1 is 1.06 bits per heavy atom. The van der Waals surface area contributed by atoms with E-state index in [1.165, 1.54) is 19.1 Å². The molecule has 1 aromatic rings. The van der Waals surface area contributed by atoms with Crippen LogP contribution in [0.5, 0.6) is 0 Å². The van der Waals surface area contributed by atoms with Crippen molar-refractivity contribution in [2.45, 2.75) is 50.7 Å². The minimum Gasteiger partial charge on any atom is -0.370 e. The molecule has 1 aliphatic heterocycles. The Labute approximate surface area is 206 Å². The number of benzene rings is 1. The van der Waals surface area contributed by atoms with E-state index in [4.69, 9.17) is 4.74 Å². The van der Waals surface area contributed by atoms with Crippen LogP contribution in [0.15, 0.2) is 54.9 Å². The largest absolute Gasteiger partial charge is 0.416 e. The summed E-state index contributed by atoms with van der Waals surface area (Å²) in [7, 11) is 0.